The highest BCUT2D eigenvalue weighted by atomic mass is 32.2. The molecule has 7 nitrogen and oxygen atoms in total. The van der Waals surface area contributed by atoms with Crippen LogP contribution < -0.4 is 10.6 Å². The Labute approximate surface area is 118 Å². The minimum absolute atomic E-state index is 0.495. The number of carbonyl (C=O) groups excluding carboxylic acids is 2. The number of benzene rings is 1. The molecular formula is C12H11N5O2S. The van der Waals surface area contributed by atoms with Crippen molar-refractivity contribution in [3.63, 3.8) is 0 Å². The molecule has 0 unspecified atom stereocenters. The molecule has 1 aromatic carbocycles. The summed E-state index contributed by atoms with van der Waals surface area (Å²) in [6.07, 6.45) is 1.57. The summed E-state index contributed by atoms with van der Waals surface area (Å²) in [4.78, 5) is 34.5. The molecule has 2 heterocycles. The van der Waals surface area contributed by atoms with Crippen molar-refractivity contribution in [1.82, 2.24) is 15.3 Å². The summed E-state index contributed by atoms with van der Waals surface area (Å²) in [5, 5.41) is 5.50. The first-order valence-electron chi connectivity index (χ1n) is 5.95. The number of imidazole rings is 1. The number of H-pyrrole nitrogens is 1. The lowest BCUT2D eigenvalue weighted by molar-refractivity contribution is -0.135. The average Bonchev–Trinajstić information content (AvgIpc) is 3.08. The van der Waals surface area contributed by atoms with Crippen molar-refractivity contribution in [2.45, 2.75) is 0 Å². The number of anilines is 1. The second kappa shape index (κ2) is 5.33. The van der Waals surface area contributed by atoms with Gasteiger partial charge in [0.25, 0.3) is 0 Å². The van der Waals surface area contributed by atoms with Crippen LogP contribution in [0.2, 0.25) is 0 Å². The third kappa shape index (κ3) is 2.64. The number of aromatic nitrogens is 2. The number of nitrogens with one attached hydrogen (secondary N) is 3. The van der Waals surface area contributed by atoms with E-state index in [0.29, 0.717) is 17.4 Å². The maximum absolute atomic E-state index is 11.8. The average molecular weight is 289 g/mol. The number of rotatable bonds is 1. The summed E-state index contributed by atoms with van der Waals surface area (Å²) >= 11 is 1.42. The normalized spacial score (nSPS) is 14.1. The van der Waals surface area contributed by atoms with Crippen molar-refractivity contribution in [1.29, 1.82) is 0 Å². The highest BCUT2D eigenvalue weighted by Gasteiger charge is 2.18. The van der Waals surface area contributed by atoms with Crippen LogP contribution in [0.25, 0.3) is 11.0 Å². The van der Waals surface area contributed by atoms with Gasteiger partial charge in [-0.15, -0.1) is 0 Å². The van der Waals surface area contributed by atoms with Crippen LogP contribution in [0.15, 0.2) is 29.5 Å². The molecule has 8 heteroatoms. The number of carbonyl (C=O) groups is 2. The maximum Gasteiger partial charge on any atom is 0.315 e. The zero-order chi connectivity index (χ0) is 13.9. The van der Waals surface area contributed by atoms with Gasteiger partial charge in [-0.25, -0.2) is 4.98 Å². The third-order valence-electron chi connectivity index (χ3n) is 2.69. The number of aliphatic imine (C=N–C) groups is 1. The van der Waals surface area contributed by atoms with E-state index in [9.17, 15) is 9.59 Å². The van der Waals surface area contributed by atoms with Crippen LogP contribution in [0.1, 0.15) is 0 Å². The van der Waals surface area contributed by atoms with Crippen molar-refractivity contribution in [2.75, 3.05) is 17.6 Å². The van der Waals surface area contributed by atoms with E-state index in [1.54, 1.807) is 24.5 Å². The monoisotopic (exact) mass is 289 g/mol. The lowest BCUT2D eigenvalue weighted by Gasteiger charge is -2.05. The fraction of sp³-hybridized carbons (Fsp3) is 0.167. The van der Waals surface area contributed by atoms with Gasteiger partial charge in [0.15, 0.2) is 5.17 Å². The molecule has 0 bridgehead atoms. The number of amides is 2. The minimum atomic E-state index is -0.723. The van der Waals surface area contributed by atoms with Crippen molar-refractivity contribution >= 4 is 45.5 Å². The molecule has 2 amide bonds. The van der Waals surface area contributed by atoms with Gasteiger partial charge in [-0.2, -0.15) is 0 Å². The molecule has 0 atom stereocenters. The van der Waals surface area contributed by atoms with Gasteiger partial charge >= 0.3 is 11.8 Å². The Balaban J connectivity index is 1.66. The summed E-state index contributed by atoms with van der Waals surface area (Å²) < 4.78 is 0. The number of aromatic amines is 1. The smallest absolute Gasteiger partial charge is 0.315 e. The molecule has 1 aliphatic heterocycles. The fourth-order valence-corrected chi connectivity index (χ4v) is 2.49. The zero-order valence-corrected chi connectivity index (χ0v) is 11.2. The van der Waals surface area contributed by atoms with E-state index in [2.05, 4.69) is 25.6 Å². The molecular weight excluding hydrogens is 278 g/mol. The quantitative estimate of drug-likeness (QED) is 0.674. The fourth-order valence-electron chi connectivity index (χ4n) is 1.77. The van der Waals surface area contributed by atoms with Gasteiger partial charge in [-0.1, -0.05) is 11.8 Å². The van der Waals surface area contributed by atoms with Gasteiger partial charge in [-0.3, -0.25) is 19.9 Å². The first kappa shape index (κ1) is 12.7. The molecule has 20 heavy (non-hydrogen) atoms. The summed E-state index contributed by atoms with van der Waals surface area (Å²) in [5.74, 6) is -0.616. The van der Waals surface area contributed by atoms with E-state index in [1.807, 2.05) is 0 Å². The highest BCUT2D eigenvalue weighted by Crippen LogP contribution is 2.15. The molecule has 0 fully saturated rings. The van der Waals surface area contributed by atoms with Crippen molar-refractivity contribution < 1.29 is 9.59 Å². The maximum atomic E-state index is 11.8. The van der Waals surface area contributed by atoms with Crippen LogP contribution in [-0.4, -0.2) is 39.2 Å². The largest absolute Gasteiger partial charge is 0.345 e. The Morgan fingerprint density at radius 2 is 2.10 bits per heavy atom. The second-order valence-electron chi connectivity index (χ2n) is 4.08. The van der Waals surface area contributed by atoms with Crippen LogP contribution in [0.4, 0.5) is 5.69 Å². The first-order valence-corrected chi connectivity index (χ1v) is 6.93. The number of nitrogens with zero attached hydrogens (tertiary/aromatic N) is 2. The first-order chi connectivity index (χ1) is 9.72. The summed E-state index contributed by atoms with van der Waals surface area (Å²) in [7, 11) is 0. The molecule has 0 saturated carbocycles. The predicted molar refractivity (Wildman–Crippen MR) is 77.6 cm³/mol. The van der Waals surface area contributed by atoms with Gasteiger partial charge in [-0.05, 0) is 18.2 Å². The predicted octanol–water partition coefficient (Wildman–Crippen LogP) is 0.720. The molecule has 102 valence electrons. The SMILES string of the molecule is O=C(NC1=NCCS1)C(=O)Nc1ccc2nc[nH]c2c1. The molecule has 1 aliphatic rings. The van der Waals surface area contributed by atoms with Gasteiger partial charge in [0.2, 0.25) is 0 Å². The van der Waals surface area contributed by atoms with Crippen LogP contribution in [0.5, 0.6) is 0 Å². The van der Waals surface area contributed by atoms with Gasteiger partial charge in [0, 0.05) is 11.4 Å². The van der Waals surface area contributed by atoms with Crippen LogP contribution in [-0.2, 0) is 9.59 Å². The number of hydrogen-bond acceptors (Lipinski definition) is 5. The summed E-state index contributed by atoms with van der Waals surface area (Å²) in [5.41, 5.74) is 2.12. The topological polar surface area (TPSA) is 99.2 Å². The van der Waals surface area contributed by atoms with Gasteiger partial charge in [0.05, 0.1) is 23.9 Å². The van der Waals surface area contributed by atoms with E-state index < -0.39 is 11.8 Å². The van der Waals surface area contributed by atoms with E-state index in [0.717, 1.165) is 16.8 Å². The Kier molecular flexibility index (Phi) is 3.38. The zero-order valence-electron chi connectivity index (χ0n) is 10.3. The summed E-state index contributed by atoms with van der Waals surface area (Å²) in [6.45, 7) is 0.665. The molecule has 0 saturated heterocycles. The van der Waals surface area contributed by atoms with Crippen molar-refractivity contribution in [3.8, 4) is 0 Å². The number of fused-ring (bicyclic) bond motifs is 1. The summed E-state index contributed by atoms with van der Waals surface area (Å²) in [6, 6.07) is 5.17. The van der Waals surface area contributed by atoms with E-state index >= 15 is 0 Å². The Morgan fingerprint density at radius 1 is 1.25 bits per heavy atom. The van der Waals surface area contributed by atoms with E-state index in [1.165, 1.54) is 11.8 Å². The molecule has 0 radical (unpaired) electrons. The minimum Gasteiger partial charge on any atom is -0.345 e. The number of hydrogen-bond donors (Lipinski definition) is 3. The molecule has 0 aliphatic carbocycles. The number of amidine groups is 1. The molecule has 3 N–H and O–H groups in total. The van der Waals surface area contributed by atoms with Gasteiger partial charge in [0.1, 0.15) is 0 Å². The van der Waals surface area contributed by atoms with E-state index in [-0.39, 0.29) is 0 Å². The van der Waals surface area contributed by atoms with Crippen molar-refractivity contribution in [2.24, 2.45) is 4.99 Å². The van der Waals surface area contributed by atoms with Gasteiger partial charge < -0.3 is 10.3 Å². The van der Waals surface area contributed by atoms with Crippen molar-refractivity contribution in [3.05, 3.63) is 24.5 Å². The highest BCUT2D eigenvalue weighted by molar-refractivity contribution is 8.14. The second-order valence-corrected chi connectivity index (χ2v) is 5.16. The van der Waals surface area contributed by atoms with E-state index in [4.69, 9.17) is 0 Å². The lowest BCUT2D eigenvalue weighted by Crippen LogP contribution is -2.37. The van der Waals surface area contributed by atoms with Crippen LogP contribution >= 0.6 is 11.8 Å². The lowest BCUT2D eigenvalue weighted by atomic mass is 10.2. The van der Waals surface area contributed by atoms with Crippen LogP contribution in [0, 0.1) is 0 Å². The standard InChI is InChI=1S/C12H11N5O2S/c18-10(11(19)17-12-13-3-4-20-12)16-7-1-2-8-9(5-7)15-6-14-8/h1-2,5-6H,3-4H2,(H,14,15)(H,16,18)(H,13,17,19). The Bertz CT molecular complexity index is 709. The Hall–Kier alpha value is -2.35. The number of thioether (sulfide) groups is 1. The molecule has 2 aromatic rings. The Morgan fingerprint density at radius 3 is 2.90 bits per heavy atom. The van der Waals surface area contributed by atoms with Crippen LogP contribution in [0.3, 0.4) is 0 Å². The molecule has 1 aromatic heterocycles. The molecule has 0 spiro atoms. The third-order valence-corrected chi connectivity index (χ3v) is 3.58. The molecule has 3 rings (SSSR count).